The maximum atomic E-state index is 13.1. The van der Waals surface area contributed by atoms with Crippen LogP contribution in [0.4, 0.5) is 5.69 Å². The highest BCUT2D eigenvalue weighted by Gasteiger charge is 2.21. The summed E-state index contributed by atoms with van der Waals surface area (Å²) < 4.78 is 0. The van der Waals surface area contributed by atoms with E-state index in [1.54, 1.807) is 0 Å². The van der Waals surface area contributed by atoms with Crippen LogP contribution in [0.3, 0.4) is 0 Å². The Morgan fingerprint density at radius 2 is 1.77 bits per heavy atom. The zero-order valence-electron chi connectivity index (χ0n) is 16.2. The number of para-hydroxylation sites is 1. The number of aryl methyl sites for hydroxylation is 4. The standard InChI is InChI=1S/C22H27ClN2O/c1-6-9-13-18-14(4)24-15(5)19(20(18)23)22(26)25-21-16(7-2)11-10-12-17(21)8-3/h6,9-12H,7-8,13H2,1-5H3,(H,25,26). The van der Waals surface area contributed by atoms with Gasteiger partial charge >= 0.3 is 0 Å². The Morgan fingerprint density at radius 1 is 1.15 bits per heavy atom. The van der Waals surface area contributed by atoms with Crippen LogP contribution >= 0.6 is 11.6 Å². The van der Waals surface area contributed by atoms with Crippen LogP contribution in [0.25, 0.3) is 0 Å². The number of allylic oxidation sites excluding steroid dienone is 2. The summed E-state index contributed by atoms with van der Waals surface area (Å²) in [6.45, 7) is 9.91. The topological polar surface area (TPSA) is 42.0 Å². The fourth-order valence-corrected chi connectivity index (χ4v) is 3.60. The van der Waals surface area contributed by atoms with Crippen LogP contribution in [0.15, 0.2) is 30.4 Å². The molecular formula is C22H27ClN2O. The summed E-state index contributed by atoms with van der Waals surface area (Å²) in [7, 11) is 0. The van der Waals surface area contributed by atoms with Crippen LogP contribution in [-0.4, -0.2) is 10.9 Å². The molecule has 0 fully saturated rings. The Hall–Kier alpha value is -2.13. The van der Waals surface area contributed by atoms with Crippen molar-refractivity contribution < 1.29 is 4.79 Å². The van der Waals surface area contributed by atoms with E-state index in [1.807, 2.05) is 51.1 Å². The van der Waals surface area contributed by atoms with Crippen LogP contribution in [0, 0.1) is 13.8 Å². The summed E-state index contributed by atoms with van der Waals surface area (Å²) in [5.74, 6) is -0.197. The zero-order chi connectivity index (χ0) is 19.3. The minimum Gasteiger partial charge on any atom is -0.321 e. The van der Waals surface area contributed by atoms with Gasteiger partial charge in [-0.05, 0) is 56.7 Å². The van der Waals surface area contributed by atoms with E-state index in [0.29, 0.717) is 22.7 Å². The molecule has 4 heteroatoms. The molecule has 3 nitrogen and oxygen atoms in total. The maximum absolute atomic E-state index is 13.1. The highest BCUT2D eigenvalue weighted by atomic mass is 35.5. The fourth-order valence-electron chi connectivity index (χ4n) is 3.16. The van der Waals surface area contributed by atoms with Crippen molar-refractivity contribution in [1.29, 1.82) is 0 Å². The Balaban J connectivity index is 2.48. The van der Waals surface area contributed by atoms with Crippen molar-refractivity contribution in [2.24, 2.45) is 0 Å². The van der Waals surface area contributed by atoms with E-state index in [-0.39, 0.29) is 5.91 Å². The van der Waals surface area contributed by atoms with Gasteiger partial charge in [0.15, 0.2) is 0 Å². The highest BCUT2D eigenvalue weighted by Crippen LogP contribution is 2.29. The third-order valence-corrected chi connectivity index (χ3v) is 5.06. The van der Waals surface area contributed by atoms with Gasteiger partial charge in [-0.15, -0.1) is 0 Å². The Bertz CT molecular complexity index is 818. The molecule has 1 heterocycles. The molecule has 1 aromatic heterocycles. The van der Waals surface area contributed by atoms with E-state index in [1.165, 1.54) is 0 Å². The summed E-state index contributed by atoms with van der Waals surface area (Å²) in [5.41, 5.74) is 6.03. The second-order valence-corrected chi connectivity index (χ2v) is 6.71. The minimum absolute atomic E-state index is 0.197. The number of carbonyl (C=O) groups excluding carboxylic acids is 1. The van der Waals surface area contributed by atoms with Gasteiger partial charge in [0.05, 0.1) is 16.3 Å². The van der Waals surface area contributed by atoms with Crippen molar-refractivity contribution in [3.63, 3.8) is 0 Å². The van der Waals surface area contributed by atoms with Gasteiger partial charge in [0.1, 0.15) is 0 Å². The first kappa shape index (κ1) is 20.2. The predicted octanol–water partition coefficient (Wildman–Crippen LogP) is 5.85. The number of nitrogens with zero attached hydrogens (tertiary/aromatic N) is 1. The molecule has 2 rings (SSSR count). The molecule has 1 aromatic carbocycles. The van der Waals surface area contributed by atoms with Crippen LogP contribution in [0.5, 0.6) is 0 Å². The molecule has 0 atom stereocenters. The van der Waals surface area contributed by atoms with Gasteiger partial charge in [0.25, 0.3) is 5.91 Å². The van der Waals surface area contributed by atoms with Crippen molar-refractivity contribution in [3.8, 4) is 0 Å². The summed E-state index contributed by atoms with van der Waals surface area (Å²) in [4.78, 5) is 17.6. The quantitative estimate of drug-likeness (QED) is 0.648. The van der Waals surface area contributed by atoms with E-state index < -0.39 is 0 Å². The molecule has 138 valence electrons. The molecule has 0 unspecified atom stereocenters. The van der Waals surface area contributed by atoms with E-state index in [9.17, 15) is 4.79 Å². The van der Waals surface area contributed by atoms with Crippen LogP contribution < -0.4 is 5.32 Å². The van der Waals surface area contributed by atoms with E-state index in [2.05, 4.69) is 24.1 Å². The van der Waals surface area contributed by atoms with Crippen LogP contribution in [-0.2, 0) is 19.3 Å². The normalized spacial score (nSPS) is 11.2. The minimum atomic E-state index is -0.197. The van der Waals surface area contributed by atoms with Gasteiger partial charge in [0.2, 0.25) is 0 Å². The molecule has 2 aromatic rings. The second-order valence-electron chi connectivity index (χ2n) is 6.34. The van der Waals surface area contributed by atoms with E-state index in [4.69, 9.17) is 11.6 Å². The first-order chi connectivity index (χ1) is 12.4. The molecule has 0 aliphatic carbocycles. The molecule has 0 saturated carbocycles. The average Bonchev–Trinajstić information content (AvgIpc) is 2.61. The van der Waals surface area contributed by atoms with Gasteiger partial charge in [-0.1, -0.05) is 55.8 Å². The number of amides is 1. The lowest BCUT2D eigenvalue weighted by molar-refractivity contribution is 0.102. The number of halogens is 1. The number of nitrogens with one attached hydrogen (secondary N) is 1. The molecule has 26 heavy (non-hydrogen) atoms. The Labute approximate surface area is 161 Å². The Morgan fingerprint density at radius 3 is 2.31 bits per heavy atom. The maximum Gasteiger partial charge on any atom is 0.259 e. The average molecular weight is 371 g/mol. The smallest absolute Gasteiger partial charge is 0.259 e. The number of rotatable bonds is 6. The molecule has 0 aliphatic heterocycles. The molecule has 0 saturated heterocycles. The zero-order valence-corrected chi connectivity index (χ0v) is 17.0. The fraction of sp³-hybridized carbons (Fsp3) is 0.364. The van der Waals surface area contributed by atoms with Crippen molar-refractivity contribution in [3.05, 3.63) is 69.0 Å². The van der Waals surface area contributed by atoms with Crippen molar-refractivity contribution in [2.45, 2.75) is 53.9 Å². The summed E-state index contributed by atoms with van der Waals surface area (Å²) in [6, 6.07) is 6.14. The number of anilines is 1. The third kappa shape index (κ3) is 4.16. The molecule has 0 spiro atoms. The lowest BCUT2D eigenvalue weighted by Gasteiger charge is -2.17. The Kier molecular flexibility index (Phi) is 6.98. The molecule has 0 radical (unpaired) electrons. The van der Waals surface area contributed by atoms with Crippen molar-refractivity contribution >= 4 is 23.2 Å². The third-order valence-electron chi connectivity index (χ3n) is 4.64. The number of hydrogen-bond acceptors (Lipinski definition) is 2. The molecule has 1 amide bonds. The molecule has 0 aliphatic rings. The highest BCUT2D eigenvalue weighted by molar-refractivity contribution is 6.35. The number of aromatic nitrogens is 1. The van der Waals surface area contributed by atoms with Gasteiger partial charge in [-0.3, -0.25) is 9.78 Å². The largest absolute Gasteiger partial charge is 0.321 e. The first-order valence-electron chi connectivity index (χ1n) is 9.13. The monoisotopic (exact) mass is 370 g/mol. The molecule has 0 bridgehead atoms. The number of pyridine rings is 1. The van der Waals surface area contributed by atoms with E-state index in [0.717, 1.165) is 40.9 Å². The van der Waals surface area contributed by atoms with E-state index >= 15 is 0 Å². The SMILES string of the molecule is CC=CCc1c(C)nc(C)c(C(=O)Nc2c(CC)cccc2CC)c1Cl. The van der Waals surface area contributed by atoms with Crippen LogP contribution in [0.2, 0.25) is 5.02 Å². The van der Waals surface area contributed by atoms with Gasteiger partial charge in [-0.2, -0.15) is 0 Å². The lowest BCUT2D eigenvalue weighted by Crippen LogP contribution is -2.18. The van der Waals surface area contributed by atoms with Crippen LogP contribution in [0.1, 0.15) is 59.2 Å². The van der Waals surface area contributed by atoms with Gasteiger partial charge in [0, 0.05) is 11.4 Å². The molecular weight excluding hydrogens is 344 g/mol. The number of hydrogen-bond donors (Lipinski definition) is 1. The van der Waals surface area contributed by atoms with Crippen molar-refractivity contribution in [1.82, 2.24) is 4.98 Å². The predicted molar refractivity (Wildman–Crippen MR) is 110 cm³/mol. The summed E-state index contributed by atoms with van der Waals surface area (Å²) >= 11 is 6.63. The van der Waals surface area contributed by atoms with Gasteiger partial charge in [-0.25, -0.2) is 0 Å². The summed E-state index contributed by atoms with van der Waals surface area (Å²) in [6.07, 6.45) is 6.37. The van der Waals surface area contributed by atoms with Crippen molar-refractivity contribution in [2.75, 3.05) is 5.32 Å². The molecule has 1 N–H and O–H groups in total. The number of benzene rings is 1. The summed E-state index contributed by atoms with van der Waals surface area (Å²) in [5, 5.41) is 3.60. The second kappa shape index (κ2) is 9.00. The number of carbonyl (C=O) groups is 1. The van der Waals surface area contributed by atoms with Gasteiger partial charge < -0.3 is 5.32 Å². The lowest BCUT2D eigenvalue weighted by atomic mass is 10.0. The first-order valence-corrected chi connectivity index (χ1v) is 9.51.